The summed E-state index contributed by atoms with van der Waals surface area (Å²) in [6.45, 7) is 1.05. The Hall–Kier alpha value is -2.86. The Morgan fingerprint density at radius 3 is 2.58 bits per heavy atom. The number of hydrogen-bond acceptors (Lipinski definition) is 3. The van der Waals surface area contributed by atoms with Gasteiger partial charge in [0, 0.05) is 41.4 Å². The first kappa shape index (κ1) is 16.0. The molecule has 0 saturated carbocycles. The van der Waals surface area contributed by atoms with Gasteiger partial charge in [0.1, 0.15) is 0 Å². The van der Waals surface area contributed by atoms with Crippen LogP contribution in [0.2, 0.25) is 5.02 Å². The average molecular weight is 342 g/mol. The molecule has 3 rings (SSSR count). The largest absolute Gasteiger partial charge is 0.336 e. The maximum Gasteiger partial charge on any atom is 0.319 e. The molecule has 0 aliphatic heterocycles. The number of rotatable bonds is 5. The molecule has 6 nitrogen and oxygen atoms in total. The zero-order valence-corrected chi connectivity index (χ0v) is 13.6. The van der Waals surface area contributed by atoms with Crippen molar-refractivity contribution < 1.29 is 4.79 Å². The minimum Gasteiger partial charge on any atom is -0.336 e. The molecule has 0 fully saturated rings. The third-order valence-electron chi connectivity index (χ3n) is 3.35. The molecule has 0 atom stereocenters. The standard InChI is InChI=1S/C17H16ClN5O/c18-14-1-3-15(4-2-14)21-17(24)20-10-12-23-11-7-16(22-23)13-5-8-19-9-6-13/h1-9,11H,10,12H2,(H2,20,21,24). The predicted octanol–water partition coefficient (Wildman–Crippen LogP) is 3.42. The van der Waals surface area contributed by atoms with Crippen LogP contribution >= 0.6 is 11.6 Å². The molecule has 1 aromatic carbocycles. The molecule has 2 amide bonds. The molecule has 7 heteroatoms. The van der Waals surface area contributed by atoms with Crippen LogP contribution in [0.15, 0.2) is 61.1 Å². The van der Waals surface area contributed by atoms with E-state index in [9.17, 15) is 4.79 Å². The minimum atomic E-state index is -0.265. The van der Waals surface area contributed by atoms with E-state index in [0.717, 1.165) is 11.3 Å². The van der Waals surface area contributed by atoms with E-state index in [4.69, 9.17) is 11.6 Å². The van der Waals surface area contributed by atoms with E-state index < -0.39 is 0 Å². The van der Waals surface area contributed by atoms with Gasteiger partial charge in [-0.3, -0.25) is 9.67 Å². The lowest BCUT2D eigenvalue weighted by atomic mass is 10.2. The molecule has 2 heterocycles. The normalized spacial score (nSPS) is 10.4. The van der Waals surface area contributed by atoms with Crippen LogP contribution in [0.3, 0.4) is 0 Å². The Morgan fingerprint density at radius 1 is 1.08 bits per heavy atom. The smallest absolute Gasteiger partial charge is 0.319 e. The van der Waals surface area contributed by atoms with Gasteiger partial charge in [0.2, 0.25) is 0 Å². The van der Waals surface area contributed by atoms with Gasteiger partial charge in [0.15, 0.2) is 0 Å². The molecule has 0 aliphatic rings. The Bertz CT molecular complexity index is 801. The fourth-order valence-corrected chi connectivity index (χ4v) is 2.28. The first-order chi connectivity index (χ1) is 11.7. The van der Waals surface area contributed by atoms with Crippen LogP contribution in [-0.2, 0) is 6.54 Å². The summed E-state index contributed by atoms with van der Waals surface area (Å²) in [6, 6.07) is 12.4. The van der Waals surface area contributed by atoms with Crippen LogP contribution in [-0.4, -0.2) is 27.3 Å². The van der Waals surface area contributed by atoms with Crippen LogP contribution in [0.4, 0.5) is 10.5 Å². The van der Waals surface area contributed by atoms with Crippen molar-refractivity contribution in [2.45, 2.75) is 6.54 Å². The van der Waals surface area contributed by atoms with Crippen LogP contribution in [0.25, 0.3) is 11.3 Å². The highest BCUT2D eigenvalue weighted by Crippen LogP contribution is 2.15. The molecule has 0 bridgehead atoms. The SMILES string of the molecule is O=C(NCCn1ccc(-c2ccncc2)n1)Nc1ccc(Cl)cc1. The summed E-state index contributed by atoms with van der Waals surface area (Å²) in [5.41, 5.74) is 2.58. The number of carbonyl (C=O) groups is 1. The van der Waals surface area contributed by atoms with Crippen LogP contribution in [0, 0.1) is 0 Å². The quantitative estimate of drug-likeness (QED) is 0.747. The zero-order valence-electron chi connectivity index (χ0n) is 12.8. The number of carbonyl (C=O) groups excluding carboxylic acids is 1. The fraction of sp³-hybridized carbons (Fsp3) is 0.118. The number of anilines is 1. The van der Waals surface area contributed by atoms with E-state index in [1.807, 2.05) is 24.4 Å². The number of aromatic nitrogens is 3. The summed E-state index contributed by atoms with van der Waals surface area (Å²) in [4.78, 5) is 15.8. The van der Waals surface area contributed by atoms with Gasteiger partial charge < -0.3 is 10.6 Å². The number of nitrogens with zero attached hydrogens (tertiary/aromatic N) is 3. The minimum absolute atomic E-state index is 0.265. The highest BCUT2D eigenvalue weighted by molar-refractivity contribution is 6.30. The highest BCUT2D eigenvalue weighted by Gasteiger charge is 2.04. The maximum absolute atomic E-state index is 11.8. The van der Waals surface area contributed by atoms with Crippen molar-refractivity contribution in [3.8, 4) is 11.3 Å². The lowest BCUT2D eigenvalue weighted by Gasteiger charge is -2.07. The molecule has 24 heavy (non-hydrogen) atoms. The Labute approximate surface area is 144 Å². The van der Waals surface area contributed by atoms with E-state index in [-0.39, 0.29) is 6.03 Å². The third-order valence-corrected chi connectivity index (χ3v) is 3.60. The molecule has 0 aliphatic carbocycles. The van der Waals surface area contributed by atoms with E-state index >= 15 is 0 Å². The Kier molecular flexibility index (Phi) is 5.08. The average Bonchev–Trinajstić information content (AvgIpc) is 3.07. The van der Waals surface area contributed by atoms with Gasteiger partial charge in [-0.05, 0) is 42.5 Å². The number of urea groups is 1. The van der Waals surface area contributed by atoms with Gasteiger partial charge in [0.25, 0.3) is 0 Å². The zero-order chi connectivity index (χ0) is 16.8. The third kappa shape index (κ3) is 4.33. The fourth-order valence-electron chi connectivity index (χ4n) is 2.16. The first-order valence-corrected chi connectivity index (χ1v) is 7.83. The van der Waals surface area contributed by atoms with E-state index in [1.54, 1.807) is 41.3 Å². The van der Waals surface area contributed by atoms with Crippen LogP contribution in [0.1, 0.15) is 0 Å². The highest BCUT2D eigenvalue weighted by atomic mass is 35.5. The molecular formula is C17H16ClN5O. The second-order valence-corrected chi connectivity index (χ2v) is 5.52. The van der Waals surface area contributed by atoms with Crippen molar-refractivity contribution in [2.75, 3.05) is 11.9 Å². The van der Waals surface area contributed by atoms with Crippen molar-refractivity contribution >= 4 is 23.3 Å². The van der Waals surface area contributed by atoms with Crippen molar-refractivity contribution in [2.24, 2.45) is 0 Å². The number of amides is 2. The second kappa shape index (κ2) is 7.61. The molecule has 3 aromatic rings. The monoisotopic (exact) mass is 341 g/mol. The van der Waals surface area contributed by atoms with Gasteiger partial charge in [-0.15, -0.1) is 0 Å². The topological polar surface area (TPSA) is 71.8 Å². The summed E-state index contributed by atoms with van der Waals surface area (Å²) >= 11 is 5.80. The molecule has 0 saturated heterocycles. The molecule has 0 unspecified atom stereocenters. The van der Waals surface area contributed by atoms with Crippen molar-refractivity contribution in [3.63, 3.8) is 0 Å². The lowest BCUT2D eigenvalue weighted by Crippen LogP contribution is -2.31. The number of halogens is 1. The maximum atomic E-state index is 11.8. The molecule has 0 radical (unpaired) electrons. The second-order valence-electron chi connectivity index (χ2n) is 5.09. The summed E-state index contributed by atoms with van der Waals surface area (Å²) in [5.74, 6) is 0. The lowest BCUT2D eigenvalue weighted by molar-refractivity contribution is 0.251. The Morgan fingerprint density at radius 2 is 1.83 bits per heavy atom. The van der Waals surface area contributed by atoms with Gasteiger partial charge in [0.05, 0.1) is 12.2 Å². The molecule has 2 N–H and O–H groups in total. The van der Waals surface area contributed by atoms with Gasteiger partial charge >= 0.3 is 6.03 Å². The number of nitrogens with one attached hydrogen (secondary N) is 2. The van der Waals surface area contributed by atoms with Gasteiger partial charge in [-0.25, -0.2) is 4.79 Å². The van der Waals surface area contributed by atoms with Crippen molar-refractivity contribution in [1.29, 1.82) is 0 Å². The Balaban J connectivity index is 1.47. The van der Waals surface area contributed by atoms with Gasteiger partial charge in [-0.1, -0.05) is 11.6 Å². The molecular weight excluding hydrogens is 326 g/mol. The number of hydrogen-bond donors (Lipinski definition) is 2. The molecule has 122 valence electrons. The summed E-state index contributed by atoms with van der Waals surface area (Å²) in [5, 5.41) is 10.6. The predicted molar refractivity (Wildman–Crippen MR) is 93.9 cm³/mol. The van der Waals surface area contributed by atoms with Crippen molar-refractivity contribution in [1.82, 2.24) is 20.1 Å². The molecule has 2 aromatic heterocycles. The van der Waals surface area contributed by atoms with E-state index in [0.29, 0.717) is 23.8 Å². The molecule has 0 spiro atoms. The first-order valence-electron chi connectivity index (χ1n) is 7.45. The van der Waals surface area contributed by atoms with Gasteiger partial charge in [-0.2, -0.15) is 5.10 Å². The summed E-state index contributed by atoms with van der Waals surface area (Å²) in [7, 11) is 0. The summed E-state index contributed by atoms with van der Waals surface area (Å²) in [6.07, 6.45) is 5.35. The number of benzene rings is 1. The van der Waals surface area contributed by atoms with Crippen LogP contribution < -0.4 is 10.6 Å². The van der Waals surface area contributed by atoms with Crippen LogP contribution in [0.5, 0.6) is 0 Å². The summed E-state index contributed by atoms with van der Waals surface area (Å²) < 4.78 is 1.79. The van der Waals surface area contributed by atoms with E-state index in [1.165, 1.54) is 0 Å². The van der Waals surface area contributed by atoms with E-state index in [2.05, 4.69) is 20.7 Å². The van der Waals surface area contributed by atoms with Crippen molar-refractivity contribution in [3.05, 3.63) is 66.1 Å². The number of pyridine rings is 1.